The molecule has 1 atom stereocenters. The Kier molecular flexibility index (Phi) is 5.41. The number of hydrogen-bond acceptors (Lipinski definition) is 2. The van der Waals surface area contributed by atoms with Gasteiger partial charge in [0.05, 0.1) is 0 Å². The molecule has 4 heteroatoms. The van der Waals surface area contributed by atoms with Crippen molar-refractivity contribution < 1.29 is 0 Å². The quantitative estimate of drug-likeness (QED) is 0.810. The molecule has 0 aliphatic heterocycles. The maximum Gasteiger partial charge on any atom is 0.0493 e. The second-order valence-corrected chi connectivity index (χ2v) is 5.97. The smallest absolute Gasteiger partial charge is 0.0493 e. The molecule has 2 nitrogen and oxygen atoms in total. The van der Waals surface area contributed by atoms with Gasteiger partial charge in [0, 0.05) is 27.9 Å². The third-order valence-corrected chi connectivity index (χ3v) is 3.72. The Morgan fingerprint density at radius 3 is 2.35 bits per heavy atom. The van der Waals surface area contributed by atoms with Crippen LogP contribution in [-0.4, -0.2) is 30.5 Å². The lowest BCUT2D eigenvalue weighted by Gasteiger charge is -2.19. The van der Waals surface area contributed by atoms with Crippen molar-refractivity contribution in [3.63, 3.8) is 0 Å². The van der Waals surface area contributed by atoms with Crippen molar-refractivity contribution in [3.8, 4) is 0 Å². The summed E-state index contributed by atoms with van der Waals surface area (Å²) >= 11 is 12.1. The lowest BCUT2D eigenvalue weighted by atomic mass is 9.92. The standard InChI is InChI=1S/C16H18Cl2N2/c1-20(2)10-8-15(12-3-5-13(17)6-4-12)16-11-14(18)7-9-19-16/h3-7,9,11,15H,8,10H2,1-2H3. The van der Waals surface area contributed by atoms with Gasteiger partial charge in [-0.15, -0.1) is 0 Å². The number of hydrogen-bond donors (Lipinski definition) is 0. The first-order valence-electron chi connectivity index (χ1n) is 6.58. The molecule has 1 heterocycles. The highest BCUT2D eigenvalue weighted by atomic mass is 35.5. The van der Waals surface area contributed by atoms with E-state index in [1.165, 1.54) is 5.56 Å². The van der Waals surface area contributed by atoms with Crippen LogP contribution >= 0.6 is 23.2 Å². The van der Waals surface area contributed by atoms with Gasteiger partial charge >= 0.3 is 0 Å². The summed E-state index contributed by atoms with van der Waals surface area (Å²) in [7, 11) is 4.15. The minimum absolute atomic E-state index is 0.230. The zero-order valence-electron chi connectivity index (χ0n) is 11.7. The molecule has 2 rings (SSSR count). The molecule has 0 aliphatic rings. The highest BCUT2D eigenvalue weighted by Crippen LogP contribution is 2.29. The molecular formula is C16H18Cl2N2. The van der Waals surface area contributed by atoms with Gasteiger partial charge in [0.25, 0.3) is 0 Å². The Labute approximate surface area is 130 Å². The highest BCUT2D eigenvalue weighted by molar-refractivity contribution is 6.30. The van der Waals surface area contributed by atoms with Crippen LogP contribution < -0.4 is 0 Å². The molecule has 0 N–H and O–H groups in total. The summed E-state index contributed by atoms with van der Waals surface area (Å²) in [6, 6.07) is 11.7. The first-order valence-corrected chi connectivity index (χ1v) is 7.33. The molecule has 20 heavy (non-hydrogen) atoms. The van der Waals surface area contributed by atoms with Gasteiger partial charge in [-0.05, 0) is 56.9 Å². The third-order valence-electron chi connectivity index (χ3n) is 3.24. The summed E-state index contributed by atoms with van der Waals surface area (Å²) in [5.41, 5.74) is 2.22. The van der Waals surface area contributed by atoms with Gasteiger partial charge in [-0.25, -0.2) is 0 Å². The van der Waals surface area contributed by atoms with Crippen LogP contribution in [0.5, 0.6) is 0 Å². The van der Waals surface area contributed by atoms with Crippen LogP contribution in [0.2, 0.25) is 10.0 Å². The van der Waals surface area contributed by atoms with Gasteiger partial charge in [0.2, 0.25) is 0 Å². The molecular weight excluding hydrogens is 291 g/mol. The highest BCUT2D eigenvalue weighted by Gasteiger charge is 2.16. The number of rotatable bonds is 5. The summed E-state index contributed by atoms with van der Waals surface area (Å²) in [4.78, 5) is 6.65. The first kappa shape index (κ1) is 15.3. The van der Waals surface area contributed by atoms with E-state index < -0.39 is 0 Å². The molecule has 0 radical (unpaired) electrons. The van der Waals surface area contributed by atoms with E-state index in [-0.39, 0.29) is 5.92 Å². The van der Waals surface area contributed by atoms with Gasteiger partial charge in [0.15, 0.2) is 0 Å². The molecule has 0 fully saturated rings. The van der Waals surface area contributed by atoms with Crippen LogP contribution in [0.4, 0.5) is 0 Å². The predicted molar refractivity (Wildman–Crippen MR) is 85.7 cm³/mol. The van der Waals surface area contributed by atoms with E-state index in [4.69, 9.17) is 23.2 Å². The molecule has 0 saturated carbocycles. The summed E-state index contributed by atoms with van der Waals surface area (Å²) in [6.45, 7) is 0.988. The van der Waals surface area contributed by atoms with E-state index in [2.05, 4.69) is 36.1 Å². The van der Waals surface area contributed by atoms with E-state index in [0.717, 1.165) is 28.7 Å². The zero-order chi connectivity index (χ0) is 14.5. The summed E-state index contributed by atoms with van der Waals surface area (Å²) in [5.74, 6) is 0.230. The van der Waals surface area contributed by atoms with Crippen LogP contribution in [0.3, 0.4) is 0 Å². The second-order valence-electron chi connectivity index (χ2n) is 5.10. The molecule has 106 valence electrons. The van der Waals surface area contributed by atoms with Crippen molar-refractivity contribution in [2.45, 2.75) is 12.3 Å². The van der Waals surface area contributed by atoms with Gasteiger partial charge in [-0.3, -0.25) is 4.98 Å². The predicted octanol–water partition coefficient (Wildman–Crippen LogP) is 4.47. The van der Waals surface area contributed by atoms with Crippen molar-refractivity contribution in [1.82, 2.24) is 9.88 Å². The number of nitrogens with zero attached hydrogens (tertiary/aromatic N) is 2. The monoisotopic (exact) mass is 308 g/mol. The van der Waals surface area contributed by atoms with E-state index >= 15 is 0 Å². The molecule has 2 aromatic rings. The van der Waals surface area contributed by atoms with Crippen molar-refractivity contribution in [3.05, 3.63) is 63.9 Å². The summed E-state index contributed by atoms with van der Waals surface area (Å²) in [5, 5.41) is 1.47. The third kappa shape index (κ3) is 4.20. The Bertz CT molecular complexity index is 553. The summed E-state index contributed by atoms with van der Waals surface area (Å²) in [6.07, 6.45) is 2.75. The van der Waals surface area contributed by atoms with E-state index in [1.54, 1.807) is 12.3 Å². The minimum Gasteiger partial charge on any atom is -0.309 e. The van der Waals surface area contributed by atoms with Gasteiger partial charge in [-0.1, -0.05) is 35.3 Å². The van der Waals surface area contributed by atoms with Crippen LogP contribution in [-0.2, 0) is 0 Å². The van der Waals surface area contributed by atoms with Crippen LogP contribution in [0.15, 0.2) is 42.6 Å². The molecule has 1 unspecified atom stereocenters. The number of benzene rings is 1. The van der Waals surface area contributed by atoms with Crippen molar-refractivity contribution in [1.29, 1.82) is 0 Å². The maximum atomic E-state index is 6.09. The fraction of sp³-hybridized carbons (Fsp3) is 0.312. The molecule has 0 amide bonds. The van der Waals surface area contributed by atoms with E-state index in [1.807, 2.05) is 18.2 Å². The fourth-order valence-corrected chi connectivity index (χ4v) is 2.47. The lowest BCUT2D eigenvalue weighted by molar-refractivity contribution is 0.389. The number of aromatic nitrogens is 1. The number of pyridine rings is 1. The molecule has 0 spiro atoms. The molecule has 0 aliphatic carbocycles. The van der Waals surface area contributed by atoms with Crippen molar-refractivity contribution in [2.24, 2.45) is 0 Å². The average molecular weight is 309 g/mol. The normalized spacial score (nSPS) is 12.7. The lowest BCUT2D eigenvalue weighted by Crippen LogP contribution is -2.17. The van der Waals surface area contributed by atoms with Crippen LogP contribution in [0, 0.1) is 0 Å². The van der Waals surface area contributed by atoms with Crippen molar-refractivity contribution >= 4 is 23.2 Å². The van der Waals surface area contributed by atoms with Gasteiger partial charge < -0.3 is 4.90 Å². The molecule has 0 saturated heterocycles. The molecule has 1 aromatic carbocycles. The van der Waals surface area contributed by atoms with E-state index in [0.29, 0.717) is 0 Å². The molecule has 1 aromatic heterocycles. The number of halogens is 2. The van der Waals surface area contributed by atoms with Crippen LogP contribution in [0.1, 0.15) is 23.6 Å². The minimum atomic E-state index is 0.230. The SMILES string of the molecule is CN(C)CCC(c1ccc(Cl)cc1)c1cc(Cl)ccn1. The van der Waals surface area contributed by atoms with E-state index in [9.17, 15) is 0 Å². The Balaban J connectivity index is 2.31. The Morgan fingerprint density at radius 1 is 1.05 bits per heavy atom. The van der Waals surface area contributed by atoms with Gasteiger partial charge in [-0.2, -0.15) is 0 Å². The van der Waals surface area contributed by atoms with Crippen molar-refractivity contribution in [2.75, 3.05) is 20.6 Å². The Hall–Kier alpha value is -1.09. The largest absolute Gasteiger partial charge is 0.309 e. The van der Waals surface area contributed by atoms with Crippen LogP contribution in [0.25, 0.3) is 0 Å². The van der Waals surface area contributed by atoms with Gasteiger partial charge in [0.1, 0.15) is 0 Å². The topological polar surface area (TPSA) is 16.1 Å². The zero-order valence-corrected chi connectivity index (χ0v) is 13.2. The first-order chi connectivity index (χ1) is 9.56. The fourth-order valence-electron chi connectivity index (χ4n) is 2.18. The Morgan fingerprint density at radius 2 is 1.75 bits per heavy atom. The average Bonchev–Trinajstić information content (AvgIpc) is 2.41. The summed E-state index contributed by atoms with van der Waals surface area (Å²) < 4.78 is 0. The maximum absolute atomic E-state index is 6.09. The second kappa shape index (κ2) is 7.07. The molecule has 0 bridgehead atoms.